The third-order valence-electron chi connectivity index (χ3n) is 2.59. The van der Waals surface area contributed by atoms with Crippen molar-refractivity contribution in [1.82, 2.24) is 0 Å². The first-order chi connectivity index (χ1) is 5.93. The molecule has 1 N–H and O–H groups in total. The number of rotatable bonds is 5. The van der Waals surface area contributed by atoms with Gasteiger partial charge in [0.25, 0.3) is 0 Å². The molecule has 4 heteroatoms. The molecule has 80 valence electrons. The number of hydrogen-bond donors (Lipinski definition) is 1. The Balaban J connectivity index is 4.50. The Kier molecular flexibility index (Phi) is 4.75. The highest BCUT2D eigenvalue weighted by Crippen LogP contribution is 2.44. The van der Waals surface area contributed by atoms with E-state index in [1.807, 2.05) is 6.92 Å². The lowest BCUT2D eigenvalue weighted by Crippen LogP contribution is -2.40. The summed E-state index contributed by atoms with van der Waals surface area (Å²) in [4.78, 5) is 0. The van der Waals surface area contributed by atoms with Crippen molar-refractivity contribution in [2.75, 3.05) is 6.61 Å². The highest BCUT2D eigenvalue weighted by atomic mass is 19.4. The van der Waals surface area contributed by atoms with E-state index >= 15 is 0 Å². The van der Waals surface area contributed by atoms with Crippen LogP contribution in [0.2, 0.25) is 0 Å². The zero-order valence-corrected chi connectivity index (χ0v) is 8.12. The van der Waals surface area contributed by atoms with Crippen molar-refractivity contribution >= 4 is 0 Å². The molecule has 0 aliphatic carbocycles. The Morgan fingerprint density at radius 1 is 1.15 bits per heavy atom. The third-order valence-corrected chi connectivity index (χ3v) is 2.59. The van der Waals surface area contributed by atoms with Gasteiger partial charge < -0.3 is 5.11 Å². The van der Waals surface area contributed by atoms with Gasteiger partial charge in [-0.15, -0.1) is 0 Å². The molecule has 0 aliphatic rings. The topological polar surface area (TPSA) is 20.2 Å². The maximum Gasteiger partial charge on any atom is 0.396 e. The normalized spacial score (nSPS) is 17.1. The number of halogens is 3. The van der Waals surface area contributed by atoms with Crippen LogP contribution in [0.1, 0.15) is 39.5 Å². The van der Waals surface area contributed by atoms with E-state index in [1.165, 1.54) is 6.92 Å². The molecule has 1 nitrogen and oxygen atoms in total. The molecule has 0 aromatic carbocycles. The van der Waals surface area contributed by atoms with Gasteiger partial charge >= 0.3 is 6.18 Å². The fourth-order valence-corrected chi connectivity index (χ4v) is 1.31. The molecule has 0 bridgehead atoms. The monoisotopic (exact) mass is 198 g/mol. The maximum atomic E-state index is 12.5. The van der Waals surface area contributed by atoms with Gasteiger partial charge in [-0.3, -0.25) is 0 Å². The summed E-state index contributed by atoms with van der Waals surface area (Å²) < 4.78 is 37.6. The zero-order chi connectivity index (χ0) is 10.5. The first-order valence-electron chi connectivity index (χ1n) is 4.61. The van der Waals surface area contributed by atoms with Crippen molar-refractivity contribution in [1.29, 1.82) is 0 Å². The summed E-state index contributed by atoms with van der Waals surface area (Å²) in [5, 5.41) is 8.82. The molecule has 0 aliphatic heterocycles. The van der Waals surface area contributed by atoms with Crippen LogP contribution >= 0.6 is 0 Å². The molecule has 0 amide bonds. The molecule has 1 atom stereocenters. The van der Waals surface area contributed by atoms with Crippen molar-refractivity contribution < 1.29 is 18.3 Å². The van der Waals surface area contributed by atoms with E-state index in [0.717, 1.165) is 6.42 Å². The van der Waals surface area contributed by atoms with Crippen LogP contribution in [0.4, 0.5) is 13.2 Å². The Hall–Kier alpha value is -0.250. The summed E-state index contributed by atoms with van der Waals surface area (Å²) in [5.74, 6) is 0. The highest BCUT2D eigenvalue weighted by Gasteiger charge is 2.52. The summed E-state index contributed by atoms with van der Waals surface area (Å²) in [5.41, 5.74) is -1.87. The second-order valence-corrected chi connectivity index (χ2v) is 3.39. The van der Waals surface area contributed by atoms with Gasteiger partial charge in [0.1, 0.15) is 0 Å². The molecule has 0 radical (unpaired) electrons. The zero-order valence-electron chi connectivity index (χ0n) is 8.12. The molecule has 0 spiro atoms. The Morgan fingerprint density at radius 2 is 1.69 bits per heavy atom. The van der Waals surface area contributed by atoms with E-state index in [1.54, 1.807) is 0 Å². The minimum Gasteiger partial charge on any atom is -0.395 e. The van der Waals surface area contributed by atoms with Crippen LogP contribution in [-0.2, 0) is 0 Å². The van der Waals surface area contributed by atoms with Crippen LogP contribution in [-0.4, -0.2) is 17.9 Å². The molecule has 0 fully saturated rings. The molecule has 0 aromatic rings. The summed E-state index contributed by atoms with van der Waals surface area (Å²) >= 11 is 0. The van der Waals surface area contributed by atoms with Crippen molar-refractivity contribution in [3.63, 3.8) is 0 Å². The van der Waals surface area contributed by atoms with E-state index in [9.17, 15) is 13.2 Å². The van der Waals surface area contributed by atoms with Gasteiger partial charge in [-0.05, 0) is 12.8 Å². The van der Waals surface area contributed by atoms with Crippen LogP contribution in [0.15, 0.2) is 0 Å². The predicted octanol–water partition coefficient (Wildman–Crippen LogP) is 3.13. The first-order valence-corrected chi connectivity index (χ1v) is 4.61. The predicted molar refractivity (Wildman–Crippen MR) is 45.4 cm³/mol. The average Bonchev–Trinajstić information content (AvgIpc) is 2.05. The number of aliphatic hydroxyl groups excluding tert-OH is 1. The second-order valence-electron chi connectivity index (χ2n) is 3.39. The number of unbranched alkanes of at least 4 members (excludes halogenated alkanes) is 1. The molecule has 0 aromatic heterocycles. The van der Waals surface area contributed by atoms with Crippen LogP contribution in [0.25, 0.3) is 0 Å². The van der Waals surface area contributed by atoms with Crippen LogP contribution in [0.3, 0.4) is 0 Å². The quantitative estimate of drug-likeness (QED) is 0.719. The van der Waals surface area contributed by atoms with Gasteiger partial charge in [0.2, 0.25) is 0 Å². The first kappa shape index (κ1) is 12.8. The molecule has 0 saturated heterocycles. The van der Waals surface area contributed by atoms with Crippen LogP contribution in [0, 0.1) is 5.41 Å². The minimum absolute atomic E-state index is 0.0278. The maximum absolute atomic E-state index is 12.5. The van der Waals surface area contributed by atoms with Crippen LogP contribution < -0.4 is 0 Å². The van der Waals surface area contributed by atoms with Gasteiger partial charge in [0.15, 0.2) is 0 Å². The second kappa shape index (κ2) is 4.84. The number of hydrogen-bond acceptors (Lipinski definition) is 1. The fraction of sp³-hybridized carbons (Fsp3) is 1.00. The van der Waals surface area contributed by atoms with E-state index < -0.39 is 18.2 Å². The highest BCUT2D eigenvalue weighted by molar-refractivity contribution is 4.84. The molecule has 0 saturated carbocycles. The van der Waals surface area contributed by atoms with Crippen LogP contribution in [0.5, 0.6) is 0 Å². The molecule has 0 unspecified atom stereocenters. The molecular formula is C9H17F3O. The third kappa shape index (κ3) is 2.86. The summed E-state index contributed by atoms with van der Waals surface area (Å²) in [6, 6.07) is 0. The molecule has 13 heavy (non-hydrogen) atoms. The van der Waals surface area contributed by atoms with Gasteiger partial charge in [-0.25, -0.2) is 0 Å². The van der Waals surface area contributed by atoms with Gasteiger partial charge in [-0.1, -0.05) is 26.7 Å². The van der Waals surface area contributed by atoms with Gasteiger partial charge in [-0.2, -0.15) is 13.2 Å². The van der Waals surface area contributed by atoms with Crippen molar-refractivity contribution in [2.24, 2.45) is 5.41 Å². The summed E-state index contributed by atoms with van der Waals surface area (Å²) in [6.45, 7) is 2.51. The van der Waals surface area contributed by atoms with Gasteiger partial charge in [0, 0.05) is 0 Å². The molecule has 0 heterocycles. The summed E-state index contributed by atoms with van der Waals surface area (Å²) in [7, 11) is 0. The Labute approximate surface area is 76.9 Å². The minimum atomic E-state index is -4.29. The number of alkyl halides is 3. The smallest absolute Gasteiger partial charge is 0.395 e. The fourth-order valence-electron chi connectivity index (χ4n) is 1.31. The van der Waals surface area contributed by atoms with E-state index in [2.05, 4.69) is 0 Å². The Bertz CT molecular complexity index is 138. The van der Waals surface area contributed by atoms with E-state index in [-0.39, 0.29) is 12.8 Å². The van der Waals surface area contributed by atoms with Crippen molar-refractivity contribution in [3.05, 3.63) is 0 Å². The number of aliphatic hydroxyl groups is 1. The SMILES string of the molecule is CCCC[C@@](CC)(CO)C(F)(F)F. The standard InChI is InChI=1S/C9H17F3O/c1-3-5-6-8(4-2,7-13)9(10,11)12/h13H,3-7H2,1-2H3/t8-/m0/s1. The molecular weight excluding hydrogens is 181 g/mol. The van der Waals surface area contributed by atoms with Crippen molar-refractivity contribution in [3.8, 4) is 0 Å². The van der Waals surface area contributed by atoms with Gasteiger partial charge in [0.05, 0.1) is 12.0 Å². The lowest BCUT2D eigenvalue weighted by atomic mass is 9.80. The summed E-state index contributed by atoms with van der Waals surface area (Å²) in [6.07, 6.45) is -3.08. The largest absolute Gasteiger partial charge is 0.396 e. The lowest BCUT2D eigenvalue weighted by molar-refractivity contribution is -0.240. The molecule has 0 rings (SSSR count). The average molecular weight is 198 g/mol. The lowest BCUT2D eigenvalue weighted by Gasteiger charge is -2.32. The Morgan fingerprint density at radius 3 is 1.92 bits per heavy atom. The van der Waals surface area contributed by atoms with E-state index in [0.29, 0.717) is 6.42 Å². The van der Waals surface area contributed by atoms with E-state index in [4.69, 9.17) is 5.11 Å². The van der Waals surface area contributed by atoms with Crippen molar-refractivity contribution in [2.45, 2.75) is 45.7 Å².